The van der Waals surface area contributed by atoms with Crippen molar-refractivity contribution < 1.29 is 4.79 Å². The number of carbonyl (C=O) groups excluding carboxylic acids is 1. The lowest BCUT2D eigenvalue weighted by Crippen LogP contribution is -2.42. The summed E-state index contributed by atoms with van der Waals surface area (Å²) in [5.74, 6) is 0.437. The topological polar surface area (TPSA) is 41.1 Å². The van der Waals surface area contributed by atoms with Gasteiger partial charge in [-0.15, -0.1) is 0 Å². The van der Waals surface area contributed by atoms with E-state index in [1.807, 2.05) is 0 Å². The molecule has 0 spiro atoms. The zero-order valence-electron chi connectivity index (χ0n) is 11.6. The third-order valence-electron chi connectivity index (χ3n) is 5.18. The number of amides is 1. The Morgan fingerprint density at radius 2 is 1.82 bits per heavy atom. The van der Waals surface area contributed by atoms with Crippen LogP contribution in [0.5, 0.6) is 0 Å². The maximum Gasteiger partial charge on any atom is 0.224 e. The van der Waals surface area contributed by atoms with Gasteiger partial charge in [0.05, 0.1) is 0 Å². The van der Waals surface area contributed by atoms with Crippen LogP contribution in [0.2, 0.25) is 0 Å². The van der Waals surface area contributed by atoms with Crippen LogP contribution in [0.25, 0.3) is 0 Å². The molecule has 98 valence electrons. The first-order valence-electron chi connectivity index (χ1n) is 6.88. The van der Waals surface area contributed by atoms with Gasteiger partial charge in [-0.1, -0.05) is 34.1 Å². The van der Waals surface area contributed by atoms with Crippen molar-refractivity contribution in [1.82, 2.24) is 10.6 Å². The maximum atomic E-state index is 12.3. The standard InChI is InChI=1S/C14H26N2O/c1-13(2)11(14(13,3)4)12(17)16-10-7-5-6-8-15-9-10/h10-11,15H,5-9H2,1-4H3,(H,16,17). The fraction of sp³-hybridized carbons (Fsp3) is 0.929. The van der Waals surface area contributed by atoms with Gasteiger partial charge in [-0.2, -0.15) is 0 Å². The summed E-state index contributed by atoms with van der Waals surface area (Å²) in [4.78, 5) is 12.3. The van der Waals surface area contributed by atoms with E-state index in [0.717, 1.165) is 19.5 Å². The Balaban J connectivity index is 1.90. The summed E-state index contributed by atoms with van der Waals surface area (Å²) in [6.45, 7) is 10.8. The van der Waals surface area contributed by atoms with Crippen molar-refractivity contribution in [2.24, 2.45) is 16.7 Å². The van der Waals surface area contributed by atoms with E-state index in [4.69, 9.17) is 0 Å². The highest BCUT2D eigenvalue weighted by molar-refractivity contribution is 5.84. The van der Waals surface area contributed by atoms with Crippen LogP contribution in [-0.2, 0) is 4.79 Å². The van der Waals surface area contributed by atoms with Crippen molar-refractivity contribution in [2.45, 2.75) is 53.0 Å². The molecule has 2 fully saturated rings. The van der Waals surface area contributed by atoms with E-state index >= 15 is 0 Å². The quantitative estimate of drug-likeness (QED) is 0.772. The van der Waals surface area contributed by atoms with Crippen LogP contribution >= 0.6 is 0 Å². The van der Waals surface area contributed by atoms with Crippen molar-refractivity contribution in [3.05, 3.63) is 0 Å². The van der Waals surface area contributed by atoms with E-state index in [0.29, 0.717) is 6.04 Å². The lowest BCUT2D eigenvalue weighted by Gasteiger charge is -2.17. The van der Waals surface area contributed by atoms with Crippen LogP contribution in [0.1, 0.15) is 47.0 Å². The van der Waals surface area contributed by atoms with E-state index in [1.54, 1.807) is 0 Å². The Kier molecular flexibility index (Phi) is 3.23. The smallest absolute Gasteiger partial charge is 0.224 e. The monoisotopic (exact) mass is 238 g/mol. The summed E-state index contributed by atoms with van der Waals surface area (Å²) >= 11 is 0. The molecule has 0 radical (unpaired) electrons. The molecule has 2 aliphatic rings. The van der Waals surface area contributed by atoms with Gasteiger partial charge in [0.1, 0.15) is 0 Å². The number of hydrogen-bond acceptors (Lipinski definition) is 2. The summed E-state index contributed by atoms with van der Waals surface area (Å²) in [7, 11) is 0. The second kappa shape index (κ2) is 4.27. The molecule has 2 rings (SSSR count). The molecular formula is C14H26N2O. The Bertz CT molecular complexity index is 287. The molecule has 0 aromatic rings. The zero-order valence-corrected chi connectivity index (χ0v) is 11.6. The molecule has 1 aliphatic carbocycles. The van der Waals surface area contributed by atoms with Crippen LogP contribution in [0.4, 0.5) is 0 Å². The Labute approximate surface area is 105 Å². The minimum absolute atomic E-state index is 0.148. The fourth-order valence-electron chi connectivity index (χ4n) is 3.28. The van der Waals surface area contributed by atoms with Crippen LogP contribution in [0.3, 0.4) is 0 Å². The summed E-state index contributed by atoms with van der Waals surface area (Å²) in [6, 6.07) is 0.331. The lowest BCUT2D eigenvalue weighted by molar-refractivity contribution is -0.124. The van der Waals surface area contributed by atoms with Crippen LogP contribution in [0.15, 0.2) is 0 Å². The van der Waals surface area contributed by atoms with Gasteiger partial charge in [0, 0.05) is 18.5 Å². The molecule has 3 heteroatoms. The van der Waals surface area contributed by atoms with Crippen LogP contribution in [-0.4, -0.2) is 25.0 Å². The zero-order chi connectivity index (χ0) is 12.7. The van der Waals surface area contributed by atoms with Gasteiger partial charge >= 0.3 is 0 Å². The fourth-order valence-corrected chi connectivity index (χ4v) is 3.28. The molecule has 3 nitrogen and oxygen atoms in total. The summed E-state index contributed by atoms with van der Waals surface area (Å²) in [5, 5.41) is 6.62. The molecule has 2 N–H and O–H groups in total. The van der Waals surface area contributed by atoms with Crippen molar-refractivity contribution in [2.75, 3.05) is 13.1 Å². The number of rotatable bonds is 2. The summed E-state index contributed by atoms with van der Waals surface area (Å²) in [6.07, 6.45) is 3.56. The predicted octanol–water partition coefficient (Wildman–Crippen LogP) is 1.93. The SMILES string of the molecule is CC1(C)C(C(=O)NC2CCCCNC2)C1(C)C. The summed E-state index contributed by atoms with van der Waals surface area (Å²) < 4.78 is 0. The molecular weight excluding hydrogens is 212 g/mol. The molecule has 1 aliphatic heterocycles. The first-order valence-corrected chi connectivity index (χ1v) is 6.88. The third kappa shape index (κ3) is 2.22. The average molecular weight is 238 g/mol. The van der Waals surface area contributed by atoms with E-state index < -0.39 is 0 Å². The molecule has 0 aromatic heterocycles. The van der Waals surface area contributed by atoms with E-state index in [2.05, 4.69) is 38.3 Å². The highest BCUT2D eigenvalue weighted by atomic mass is 16.2. The molecule has 1 atom stereocenters. The van der Waals surface area contributed by atoms with Gasteiger partial charge in [-0.25, -0.2) is 0 Å². The molecule has 1 saturated heterocycles. The van der Waals surface area contributed by atoms with E-state index in [9.17, 15) is 4.79 Å². The highest BCUT2D eigenvalue weighted by Gasteiger charge is 2.68. The van der Waals surface area contributed by atoms with Gasteiger partial charge in [-0.3, -0.25) is 4.79 Å². The molecule has 1 saturated carbocycles. The maximum absolute atomic E-state index is 12.3. The Morgan fingerprint density at radius 1 is 1.18 bits per heavy atom. The normalized spacial score (nSPS) is 31.6. The van der Waals surface area contributed by atoms with Gasteiger partial charge in [0.15, 0.2) is 0 Å². The van der Waals surface area contributed by atoms with Gasteiger partial charge in [0.25, 0.3) is 0 Å². The van der Waals surface area contributed by atoms with Crippen LogP contribution < -0.4 is 10.6 Å². The Morgan fingerprint density at radius 3 is 2.41 bits per heavy atom. The number of nitrogens with one attached hydrogen (secondary N) is 2. The summed E-state index contributed by atoms with van der Waals surface area (Å²) in [5.41, 5.74) is 0.296. The molecule has 1 heterocycles. The van der Waals surface area contributed by atoms with Crippen molar-refractivity contribution in [3.8, 4) is 0 Å². The first-order chi connectivity index (χ1) is 7.87. The lowest BCUT2D eigenvalue weighted by atomic mass is 10.0. The number of hydrogen-bond donors (Lipinski definition) is 2. The second-order valence-corrected chi connectivity index (χ2v) is 6.78. The minimum atomic E-state index is 0.148. The average Bonchev–Trinajstić information content (AvgIpc) is 2.74. The van der Waals surface area contributed by atoms with Gasteiger partial charge < -0.3 is 10.6 Å². The van der Waals surface area contributed by atoms with Gasteiger partial charge in [0.2, 0.25) is 5.91 Å². The van der Waals surface area contributed by atoms with E-state index in [1.165, 1.54) is 12.8 Å². The minimum Gasteiger partial charge on any atom is -0.352 e. The highest BCUT2D eigenvalue weighted by Crippen LogP contribution is 2.68. The molecule has 0 bridgehead atoms. The molecule has 1 unspecified atom stereocenters. The number of carbonyl (C=O) groups is 1. The van der Waals surface area contributed by atoms with Crippen molar-refractivity contribution in [3.63, 3.8) is 0 Å². The second-order valence-electron chi connectivity index (χ2n) is 6.78. The van der Waals surface area contributed by atoms with E-state index in [-0.39, 0.29) is 22.7 Å². The molecule has 17 heavy (non-hydrogen) atoms. The van der Waals surface area contributed by atoms with Crippen molar-refractivity contribution >= 4 is 5.91 Å². The predicted molar refractivity (Wildman–Crippen MR) is 69.7 cm³/mol. The van der Waals surface area contributed by atoms with Crippen molar-refractivity contribution in [1.29, 1.82) is 0 Å². The molecule has 0 aromatic carbocycles. The molecule has 1 amide bonds. The van der Waals surface area contributed by atoms with Crippen LogP contribution in [0, 0.1) is 16.7 Å². The third-order valence-corrected chi connectivity index (χ3v) is 5.18. The largest absolute Gasteiger partial charge is 0.352 e. The Hall–Kier alpha value is -0.570. The van der Waals surface area contributed by atoms with Gasteiger partial charge in [-0.05, 0) is 30.2 Å². The first kappa shape index (κ1) is 12.9.